The van der Waals surface area contributed by atoms with E-state index in [0.717, 1.165) is 25.6 Å². The average molecular weight is 279 g/mol. The van der Waals surface area contributed by atoms with Crippen molar-refractivity contribution in [1.29, 1.82) is 0 Å². The zero-order chi connectivity index (χ0) is 14.8. The molecule has 0 aromatic carbocycles. The smallest absolute Gasteiger partial charge is 0.257 e. The van der Waals surface area contributed by atoms with Crippen LogP contribution in [0.15, 0.2) is 12.3 Å². The lowest BCUT2D eigenvalue weighted by atomic mass is 9.93. The highest BCUT2D eigenvalue weighted by atomic mass is 19.1. The second-order valence-electron chi connectivity index (χ2n) is 6.12. The number of rotatable bonds is 4. The van der Waals surface area contributed by atoms with Gasteiger partial charge in [-0.1, -0.05) is 20.8 Å². The van der Waals surface area contributed by atoms with Crippen LogP contribution in [-0.2, 0) is 0 Å². The van der Waals surface area contributed by atoms with Gasteiger partial charge in [0, 0.05) is 19.6 Å². The summed E-state index contributed by atoms with van der Waals surface area (Å²) in [4.78, 5) is 18.3. The molecular weight excluding hydrogens is 257 g/mol. The van der Waals surface area contributed by atoms with Crippen molar-refractivity contribution in [2.24, 2.45) is 5.41 Å². The van der Waals surface area contributed by atoms with Gasteiger partial charge in [-0.3, -0.25) is 4.79 Å². The number of nitrogens with one attached hydrogen (secondary N) is 1. The molecule has 0 aliphatic carbocycles. The number of hydrogen-bond acceptors (Lipinski definition) is 3. The maximum atomic E-state index is 13.4. The van der Waals surface area contributed by atoms with Crippen molar-refractivity contribution in [2.75, 3.05) is 25.0 Å². The second-order valence-corrected chi connectivity index (χ2v) is 6.12. The van der Waals surface area contributed by atoms with Gasteiger partial charge >= 0.3 is 0 Å². The molecule has 1 aromatic rings. The summed E-state index contributed by atoms with van der Waals surface area (Å²) in [6, 6.07) is 1.28. The van der Waals surface area contributed by atoms with Crippen molar-refractivity contribution < 1.29 is 9.18 Å². The number of carbonyl (C=O) groups excluding carboxylic acids is 1. The molecule has 1 amide bonds. The van der Waals surface area contributed by atoms with Gasteiger partial charge in [-0.2, -0.15) is 0 Å². The average Bonchev–Trinajstić information content (AvgIpc) is 2.77. The van der Waals surface area contributed by atoms with Crippen LogP contribution in [0.2, 0.25) is 0 Å². The maximum absolute atomic E-state index is 13.4. The minimum Gasteiger partial charge on any atom is -0.369 e. The van der Waals surface area contributed by atoms with Crippen LogP contribution >= 0.6 is 0 Å². The summed E-state index contributed by atoms with van der Waals surface area (Å²) in [7, 11) is 0. The molecule has 1 saturated heterocycles. The Labute approximate surface area is 119 Å². The number of hydrogen-bond donors (Lipinski definition) is 1. The summed E-state index contributed by atoms with van der Waals surface area (Å²) >= 11 is 0. The predicted octanol–water partition coefficient (Wildman–Crippen LogP) is 2.91. The van der Waals surface area contributed by atoms with Crippen LogP contribution in [0, 0.1) is 11.2 Å². The zero-order valence-electron chi connectivity index (χ0n) is 12.4. The van der Waals surface area contributed by atoms with E-state index in [4.69, 9.17) is 0 Å². The van der Waals surface area contributed by atoms with Gasteiger partial charge in [0.25, 0.3) is 5.91 Å². The highest BCUT2D eigenvalue weighted by Crippen LogP contribution is 2.30. The first-order chi connectivity index (χ1) is 9.43. The maximum Gasteiger partial charge on any atom is 0.257 e. The fourth-order valence-electron chi connectivity index (χ4n) is 2.44. The minimum atomic E-state index is -0.478. The third-order valence-electron chi connectivity index (χ3n) is 3.59. The van der Waals surface area contributed by atoms with Gasteiger partial charge in [-0.05, 0) is 24.3 Å². The quantitative estimate of drug-likeness (QED) is 0.921. The molecule has 0 atom stereocenters. The van der Waals surface area contributed by atoms with Crippen molar-refractivity contribution in [3.05, 3.63) is 23.6 Å². The molecule has 0 bridgehead atoms. The first-order valence-electron chi connectivity index (χ1n) is 7.11. The van der Waals surface area contributed by atoms with Gasteiger partial charge in [0.2, 0.25) is 0 Å². The van der Waals surface area contributed by atoms with Crippen molar-refractivity contribution in [2.45, 2.75) is 33.6 Å². The number of carbonyl (C=O) groups is 1. The second kappa shape index (κ2) is 5.77. The number of pyridine rings is 1. The molecule has 1 fully saturated rings. The Morgan fingerprint density at radius 2 is 2.30 bits per heavy atom. The number of nitrogens with zero attached hydrogens (tertiary/aromatic N) is 2. The SMILES string of the molecule is CCCNc1ncc(F)cc1C(=O)N1CCC(C)(C)C1. The Bertz CT molecular complexity index is 502. The number of amides is 1. The molecule has 0 spiro atoms. The van der Waals surface area contributed by atoms with Gasteiger partial charge in [0.05, 0.1) is 11.8 Å². The van der Waals surface area contributed by atoms with E-state index in [2.05, 4.69) is 24.1 Å². The van der Waals surface area contributed by atoms with Crippen LogP contribution in [-0.4, -0.2) is 35.4 Å². The largest absolute Gasteiger partial charge is 0.369 e. The first-order valence-corrected chi connectivity index (χ1v) is 7.11. The lowest BCUT2D eigenvalue weighted by molar-refractivity contribution is 0.0778. The highest BCUT2D eigenvalue weighted by Gasteiger charge is 2.33. The molecule has 0 radical (unpaired) electrons. The van der Waals surface area contributed by atoms with Gasteiger partial charge in [0.15, 0.2) is 0 Å². The van der Waals surface area contributed by atoms with E-state index < -0.39 is 5.82 Å². The highest BCUT2D eigenvalue weighted by molar-refractivity contribution is 5.98. The normalized spacial score (nSPS) is 17.3. The number of halogens is 1. The molecule has 1 aromatic heterocycles. The van der Waals surface area contributed by atoms with E-state index in [0.29, 0.717) is 24.5 Å². The van der Waals surface area contributed by atoms with E-state index in [-0.39, 0.29) is 11.3 Å². The molecule has 2 rings (SSSR count). The van der Waals surface area contributed by atoms with Crippen molar-refractivity contribution in [1.82, 2.24) is 9.88 Å². The van der Waals surface area contributed by atoms with Crippen LogP contribution in [0.5, 0.6) is 0 Å². The molecule has 20 heavy (non-hydrogen) atoms. The molecular formula is C15H22FN3O. The Balaban J connectivity index is 2.22. The number of likely N-dealkylation sites (tertiary alicyclic amines) is 1. The van der Waals surface area contributed by atoms with E-state index in [1.54, 1.807) is 4.90 Å². The predicted molar refractivity (Wildman–Crippen MR) is 77.3 cm³/mol. The standard InChI is InChI=1S/C15H22FN3O/c1-4-6-17-13-12(8-11(16)9-18-13)14(20)19-7-5-15(2,3)10-19/h8-9H,4-7,10H2,1-3H3,(H,17,18). The molecule has 1 aliphatic heterocycles. The lowest BCUT2D eigenvalue weighted by Crippen LogP contribution is -2.31. The van der Waals surface area contributed by atoms with Crippen LogP contribution in [0.1, 0.15) is 44.0 Å². The monoisotopic (exact) mass is 279 g/mol. The fourth-order valence-corrected chi connectivity index (χ4v) is 2.44. The molecule has 2 heterocycles. The van der Waals surface area contributed by atoms with Crippen LogP contribution in [0.25, 0.3) is 0 Å². The molecule has 1 aliphatic rings. The van der Waals surface area contributed by atoms with Crippen LogP contribution < -0.4 is 5.32 Å². The molecule has 110 valence electrons. The topological polar surface area (TPSA) is 45.2 Å². The first kappa shape index (κ1) is 14.8. The Morgan fingerprint density at radius 1 is 1.55 bits per heavy atom. The molecule has 0 unspecified atom stereocenters. The Hall–Kier alpha value is -1.65. The molecule has 4 nitrogen and oxygen atoms in total. The fraction of sp³-hybridized carbons (Fsp3) is 0.600. The minimum absolute atomic E-state index is 0.132. The molecule has 5 heteroatoms. The number of anilines is 1. The van der Waals surface area contributed by atoms with Crippen molar-refractivity contribution in [3.63, 3.8) is 0 Å². The molecule has 1 N–H and O–H groups in total. The Kier molecular flexibility index (Phi) is 4.26. The summed E-state index contributed by atoms with van der Waals surface area (Å²) in [6.07, 6.45) is 3.03. The van der Waals surface area contributed by atoms with E-state index in [1.807, 2.05) is 6.92 Å². The van der Waals surface area contributed by atoms with Gasteiger partial charge < -0.3 is 10.2 Å². The van der Waals surface area contributed by atoms with Gasteiger partial charge in [0.1, 0.15) is 11.6 Å². The number of aromatic nitrogens is 1. The third-order valence-corrected chi connectivity index (χ3v) is 3.59. The summed E-state index contributed by atoms with van der Waals surface area (Å²) in [6.45, 7) is 8.44. The summed E-state index contributed by atoms with van der Waals surface area (Å²) in [5, 5.41) is 3.09. The molecule has 0 saturated carbocycles. The van der Waals surface area contributed by atoms with Crippen molar-refractivity contribution in [3.8, 4) is 0 Å². The van der Waals surface area contributed by atoms with E-state index >= 15 is 0 Å². The van der Waals surface area contributed by atoms with E-state index in [1.165, 1.54) is 6.07 Å². The Morgan fingerprint density at radius 3 is 2.90 bits per heavy atom. The summed E-state index contributed by atoms with van der Waals surface area (Å²) < 4.78 is 13.4. The zero-order valence-corrected chi connectivity index (χ0v) is 12.4. The van der Waals surface area contributed by atoms with E-state index in [9.17, 15) is 9.18 Å². The van der Waals surface area contributed by atoms with Gasteiger partial charge in [-0.15, -0.1) is 0 Å². The summed E-state index contributed by atoms with van der Waals surface area (Å²) in [5.74, 6) is -0.141. The third kappa shape index (κ3) is 3.26. The summed E-state index contributed by atoms with van der Waals surface area (Å²) in [5.41, 5.74) is 0.462. The van der Waals surface area contributed by atoms with Crippen molar-refractivity contribution >= 4 is 11.7 Å². The van der Waals surface area contributed by atoms with Crippen LogP contribution in [0.4, 0.5) is 10.2 Å². The van der Waals surface area contributed by atoms with Gasteiger partial charge in [-0.25, -0.2) is 9.37 Å². The van der Waals surface area contributed by atoms with Crippen LogP contribution in [0.3, 0.4) is 0 Å². The lowest BCUT2D eigenvalue weighted by Gasteiger charge is -2.21.